The van der Waals surface area contributed by atoms with Crippen LogP contribution in [0.2, 0.25) is 5.02 Å². The van der Waals surface area contributed by atoms with Crippen LogP contribution in [-0.4, -0.2) is 46.5 Å². The molecule has 0 spiro atoms. The van der Waals surface area contributed by atoms with E-state index in [4.69, 9.17) is 24.4 Å². The zero-order valence-electron chi connectivity index (χ0n) is 17.5. The van der Waals surface area contributed by atoms with Crippen LogP contribution < -0.4 is 10.8 Å². The fraction of sp³-hybridized carbons (Fsp3) is 0.250. The maximum atomic E-state index is 6.44. The molecule has 3 heterocycles. The van der Waals surface area contributed by atoms with Crippen LogP contribution in [0.1, 0.15) is 18.4 Å². The summed E-state index contributed by atoms with van der Waals surface area (Å²) in [4.78, 5) is 7.23. The molecule has 0 saturated carbocycles. The highest BCUT2D eigenvalue weighted by molar-refractivity contribution is 9.10. The van der Waals surface area contributed by atoms with E-state index in [0.717, 1.165) is 54.0 Å². The highest BCUT2D eigenvalue weighted by Crippen LogP contribution is 2.29. The van der Waals surface area contributed by atoms with Gasteiger partial charge in [-0.25, -0.2) is 4.98 Å². The Labute approximate surface area is 202 Å². The molecular weight excluding hydrogens is 484 g/mol. The van der Waals surface area contributed by atoms with E-state index in [1.807, 2.05) is 30.3 Å². The minimum atomic E-state index is 0.351. The van der Waals surface area contributed by atoms with Crippen LogP contribution in [0.15, 0.2) is 65.3 Å². The molecule has 1 N–H and O–H groups in total. The van der Waals surface area contributed by atoms with Crippen molar-refractivity contribution in [2.75, 3.05) is 18.4 Å². The van der Waals surface area contributed by atoms with Crippen LogP contribution in [0.25, 0.3) is 16.9 Å². The molecule has 1 saturated heterocycles. The normalized spacial score (nSPS) is 15.3. The molecule has 2 aromatic heterocycles. The van der Waals surface area contributed by atoms with E-state index in [1.165, 1.54) is 5.56 Å². The van der Waals surface area contributed by atoms with Crippen molar-refractivity contribution in [3.05, 3.63) is 75.9 Å². The number of hydrogen-bond donors (Lipinski definition) is 1. The summed E-state index contributed by atoms with van der Waals surface area (Å²) in [6, 6.07) is 18.6. The minimum Gasteiger partial charge on any atom is -0.367 e. The quantitative estimate of drug-likeness (QED) is 0.399. The number of nitrogens with one attached hydrogen (secondary N) is 1. The van der Waals surface area contributed by atoms with Gasteiger partial charge in [-0.05, 0) is 42.1 Å². The second-order valence-electron chi connectivity index (χ2n) is 8.17. The maximum absolute atomic E-state index is 6.44. The van der Waals surface area contributed by atoms with Gasteiger partial charge < -0.3 is 5.32 Å². The van der Waals surface area contributed by atoms with E-state index in [1.54, 1.807) is 10.7 Å². The number of fused-ring (bicyclic) bond motifs is 1. The molecule has 2 aromatic carbocycles. The molecule has 8 heteroatoms. The number of piperidine rings is 1. The van der Waals surface area contributed by atoms with Gasteiger partial charge in [0, 0.05) is 53.0 Å². The van der Waals surface area contributed by atoms with Gasteiger partial charge in [0.1, 0.15) is 13.7 Å². The Balaban J connectivity index is 1.34. The molecular formula is C24H22BBrClN5. The second-order valence-corrected chi connectivity index (χ2v) is 9.49. The average Bonchev–Trinajstić information content (AvgIpc) is 3.16. The fourth-order valence-corrected chi connectivity index (χ4v) is 4.91. The van der Waals surface area contributed by atoms with Gasteiger partial charge in [-0.3, -0.25) is 4.90 Å². The Morgan fingerprint density at radius 2 is 1.91 bits per heavy atom. The number of anilines is 1. The number of halogens is 2. The van der Waals surface area contributed by atoms with Crippen molar-refractivity contribution >= 4 is 52.3 Å². The topological polar surface area (TPSA) is 45.5 Å². The lowest BCUT2D eigenvalue weighted by molar-refractivity contribution is 0.211. The monoisotopic (exact) mass is 505 g/mol. The third-order valence-electron chi connectivity index (χ3n) is 5.88. The standard InChI is InChI=1S/C24H22BBrClN5/c25-20-14-28-32-23(13-22(30-24(20)32)19-6-1-2-7-21(19)27)29-18-8-10-31(11-9-18)15-16-4-3-5-17(26)12-16/h1-7,12-14,18,29H,8-11,15H2. The predicted octanol–water partition coefficient (Wildman–Crippen LogP) is 4.68. The van der Waals surface area contributed by atoms with Gasteiger partial charge >= 0.3 is 0 Å². The SMILES string of the molecule is [B]c1cnn2c(NC3CCN(Cc4cccc(Br)c4)CC3)cc(-c3ccccc3Cl)nc12. The van der Waals surface area contributed by atoms with Crippen molar-refractivity contribution in [2.45, 2.75) is 25.4 Å². The first-order valence-corrected chi connectivity index (χ1v) is 11.9. The summed E-state index contributed by atoms with van der Waals surface area (Å²) in [5.41, 5.74) is 4.18. The van der Waals surface area contributed by atoms with E-state index in [-0.39, 0.29) is 0 Å². The molecule has 1 aliphatic heterocycles. The first-order valence-electron chi connectivity index (χ1n) is 10.7. The first kappa shape index (κ1) is 21.5. The van der Waals surface area contributed by atoms with E-state index in [2.05, 4.69) is 55.5 Å². The van der Waals surface area contributed by atoms with Gasteiger partial charge in [0.2, 0.25) is 0 Å². The minimum absolute atomic E-state index is 0.351. The summed E-state index contributed by atoms with van der Waals surface area (Å²) in [5.74, 6) is 0.882. The Morgan fingerprint density at radius 3 is 2.69 bits per heavy atom. The Hall–Kier alpha value is -2.35. The summed E-state index contributed by atoms with van der Waals surface area (Å²) in [5, 5.41) is 8.79. The molecule has 0 bridgehead atoms. The Morgan fingerprint density at radius 1 is 1.09 bits per heavy atom. The summed E-state index contributed by atoms with van der Waals surface area (Å²) in [6.07, 6.45) is 3.75. The Kier molecular flexibility index (Phi) is 6.22. The van der Waals surface area contributed by atoms with Crippen molar-refractivity contribution in [3.8, 4) is 11.3 Å². The second kappa shape index (κ2) is 9.26. The molecule has 5 nitrogen and oxygen atoms in total. The zero-order chi connectivity index (χ0) is 22.1. The maximum Gasteiger partial charge on any atom is 0.150 e. The van der Waals surface area contributed by atoms with Crippen LogP contribution in [0.3, 0.4) is 0 Å². The average molecular weight is 507 g/mol. The van der Waals surface area contributed by atoms with Gasteiger partial charge in [0.25, 0.3) is 0 Å². The van der Waals surface area contributed by atoms with Crippen molar-refractivity contribution in [3.63, 3.8) is 0 Å². The number of hydrogen-bond acceptors (Lipinski definition) is 4. The van der Waals surface area contributed by atoms with E-state index in [9.17, 15) is 0 Å². The summed E-state index contributed by atoms with van der Waals surface area (Å²) in [7, 11) is 6.15. The lowest BCUT2D eigenvalue weighted by atomic mass is 10.0. The zero-order valence-corrected chi connectivity index (χ0v) is 19.9. The molecule has 2 radical (unpaired) electrons. The van der Waals surface area contributed by atoms with Crippen molar-refractivity contribution in [2.24, 2.45) is 0 Å². The summed E-state index contributed by atoms with van der Waals surface area (Å²) in [6.45, 7) is 3.05. The molecule has 0 amide bonds. The molecule has 32 heavy (non-hydrogen) atoms. The fourth-order valence-electron chi connectivity index (χ4n) is 4.23. The van der Waals surface area contributed by atoms with Gasteiger partial charge in [0.05, 0.1) is 5.69 Å². The van der Waals surface area contributed by atoms with Crippen LogP contribution in [0.5, 0.6) is 0 Å². The van der Waals surface area contributed by atoms with E-state index in [0.29, 0.717) is 22.2 Å². The predicted molar refractivity (Wildman–Crippen MR) is 135 cm³/mol. The number of aromatic nitrogens is 3. The molecule has 1 fully saturated rings. The highest BCUT2D eigenvalue weighted by atomic mass is 79.9. The van der Waals surface area contributed by atoms with Gasteiger partial charge in [0.15, 0.2) is 5.65 Å². The van der Waals surface area contributed by atoms with Crippen molar-refractivity contribution in [1.82, 2.24) is 19.5 Å². The van der Waals surface area contributed by atoms with Crippen LogP contribution >= 0.6 is 27.5 Å². The third-order valence-corrected chi connectivity index (χ3v) is 6.71. The first-order chi connectivity index (χ1) is 15.6. The van der Waals surface area contributed by atoms with Crippen LogP contribution in [0.4, 0.5) is 5.82 Å². The molecule has 0 unspecified atom stereocenters. The smallest absolute Gasteiger partial charge is 0.150 e. The van der Waals surface area contributed by atoms with Crippen molar-refractivity contribution < 1.29 is 0 Å². The van der Waals surface area contributed by atoms with Gasteiger partial charge in [-0.2, -0.15) is 9.61 Å². The number of likely N-dealkylation sites (tertiary alicyclic amines) is 1. The molecule has 0 atom stereocenters. The largest absolute Gasteiger partial charge is 0.367 e. The molecule has 160 valence electrons. The number of nitrogens with zero attached hydrogens (tertiary/aromatic N) is 4. The molecule has 5 rings (SSSR count). The van der Waals surface area contributed by atoms with E-state index >= 15 is 0 Å². The highest BCUT2D eigenvalue weighted by Gasteiger charge is 2.21. The molecule has 1 aliphatic rings. The van der Waals surface area contributed by atoms with Crippen LogP contribution in [0, 0.1) is 0 Å². The summed E-state index contributed by atoms with van der Waals surface area (Å²) < 4.78 is 2.91. The van der Waals surface area contributed by atoms with Crippen LogP contribution in [-0.2, 0) is 6.54 Å². The van der Waals surface area contributed by atoms with Crippen molar-refractivity contribution in [1.29, 1.82) is 0 Å². The molecule has 4 aromatic rings. The number of benzene rings is 2. The molecule has 0 aliphatic carbocycles. The lowest BCUT2D eigenvalue weighted by Gasteiger charge is -2.33. The number of rotatable bonds is 5. The third kappa shape index (κ3) is 4.56. The van der Waals surface area contributed by atoms with Gasteiger partial charge in [-0.15, -0.1) is 0 Å². The Bertz CT molecular complexity index is 1250. The lowest BCUT2D eigenvalue weighted by Crippen LogP contribution is -2.39. The van der Waals surface area contributed by atoms with E-state index < -0.39 is 0 Å². The summed E-state index contributed by atoms with van der Waals surface area (Å²) >= 11 is 10.0. The van der Waals surface area contributed by atoms with Gasteiger partial charge in [-0.1, -0.05) is 57.9 Å².